The number of rotatable bonds is 3. The molecular weight excluding hydrogens is 224 g/mol. The molecule has 0 aromatic carbocycles. The zero-order valence-corrected chi connectivity index (χ0v) is 10.6. The number of esters is 1. The molecule has 88 valence electrons. The van der Waals surface area contributed by atoms with Gasteiger partial charge in [-0.25, -0.2) is 9.78 Å². The lowest BCUT2D eigenvalue weighted by Gasteiger charge is -2.38. The number of carbonyl (C=O) groups excluding carboxylic acids is 1. The van der Waals surface area contributed by atoms with Gasteiger partial charge in [0.05, 0.1) is 12.8 Å². The van der Waals surface area contributed by atoms with Gasteiger partial charge < -0.3 is 9.64 Å². The second kappa shape index (κ2) is 4.41. The Kier molecular flexibility index (Phi) is 3.14. The Morgan fingerprint density at radius 3 is 2.88 bits per heavy atom. The van der Waals surface area contributed by atoms with E-state index in [4.69, 9.17) is 4.74 Å². The second-order valence-electron chi connectivity index (χ2n) is 4.23. The van der Waals surface area contributed by atoms with Gasteiger partial charge in [-0.2, -0.15) is 0 Å². The lowest BCUT2D eigenvalue weighted by Crippen LogP contribution is -2.53. The zero-order valence-electron chi connectivity index (χ0n) is 9.77. The molecule has 1 fully saturated rings. The van der Waals surface area contributed by atoms with Gasteiger partial charge in [0.25, 0.3) is 0 Å². The molecule has 2 heterocycles. The van der Waals surface area contributed by atoms with E-state index < -0.39 is 0 Å². The molecule has 0 amide bonds. The van der Waals surface area contributed by atoms with Gasteiger partial charge in [0.2, 0.25) is 0 Å². The molecular formula is C11H16N2O2S. The summed E-state index contributed by atoms with van der Waals surface area (Å²) in [4.78, 5) is 18.0. The molecule has 1 saturated heterocycles. The Morgan fingerprint density at radius 1 is 1.69 bits per heavy atom. The monoisotopic (exact) mass is 240 g/mol. The molecule has 1 aromatic rings. The molecule has 0 bridgehead atoms. The van der Waals surface area contributed by atoms with Gasteiger partial charge in [0, 0.05) is 11.9 Å². The Balaban J connectivity index is 2.10. The zero-order chi connectivity index (χ0) is 11.7. The van der Waals surface area contributed by atoms with Crippen molar-refractivity contribution in [2.24, 2.45) is 0 Å². The normalized spacial score (nSPS) is 19.8. The first-order valence-electron chi connectivity index (χ1n) is 5.43. The van der Waals surface area contributed by atoms with Crippen molar-refractivity contribution in [3.8, 4) is 0 Å². The minimum atomic E-state index is -0.160. The fourth-order valence-corrected chi connectivity index (χ4v) is 2.73. The summed E-state index contributed by atoms with van der Waals surface area (Å²) in [7, 11) is 1.43. The van der Waals surface area contributed by atoms with Crippen LogP contribution in [0, 0.1) is 0 Å². The molecule has 1 unspecified atom stereocenters. The maximum atomic E-state index is 11.4. The van der Waals surface area contributed by atoms with Crippen LogP contribution < -0.4 is 4.90 Å². The number of nitrogens with zero attached hydrogens (tertiary/aromatic N) is 2. The van der Waals surface area contributed by atoms with Gasteiger partial charge >= 0.3 is 5.97 Å². The SMILES string of the molecule is COC(=O)C1CCN1c1nc(C(C)C)cs1. The highest BCUT2D eigenvalue weighted by Crippen LogP contribution is 2.31. The molecule has 1 aliphatic heterocycles. The van der Waals surface area contributed by atoms with E-state index in [1.165, 1.54) is 7.11 Å². The van der Waals surface area contributed by atoms with Crippen LogP contribution in [0.3, 0.4) is 0 Å². The summed E-state index contributed by atoms with van der Waals surface area (Å²) in [5.74, 6) is 0.274. The Bertz CT molecular complexity index is 389. The van der Waals surface area contributed by atoms with Crippen LogP contribution >= 0.6 is 11.3 Å². The van der Waals surface area contributed by atoms with Gasteiger partial charge in [-0.3, -0.25) is 0 Å². The van der Waals surface area contributed by atoms with Crippen molar-refractivity contribution < 1.29 is 9.53 Å². The standard InChI is InChI=1S/C11H16N2O2S/c1-7(2)8-6-16-11(12-8)13-5-4-9(13)10(14)15-3/h6-7,9H,4-5H2,1-3H3. The summed E-state index contributed by atoms with van der Waals surface area (Å²) in [6, 6.07) is -0.129. The van der Waals surface area contributed by atoms with Crippen molar-refractivity contribution >= 4 is 22.4 Å². The molecule has 0 radical (unpaired) electrons. The van der Waals surface area contributed by atoms with Gasteiger partial charge in [0.15, 0.2) is 5.13 Å². The summed E-state index contributed by atoms with van der Waals surface area (Å²) in [6.45, 7) is 5.13. The van der Waals surface area contributed by atoms with Crippen molar-refractivity contribution in [1.82, 2.24) is 4.98 Å². The van der Waals surface area contributed by atoms with Crippen LogP contribution in [0.2, 0.25) is 0 Å². The predicted molar refractivity (Wildman–Crippen MR) is 64.0 cm³/mol. The van der Waals surface area contributed by atoms with Gasteiger partial charge in [-0.15, -0.1) is 11.3 Å². The minimum Gasteiger partial charge on any atom is -0.467 e. The summed E-state index contributed by atoms with van der Waals surface area (Å²) in [5.41, 5.74) is 1.09. The number of aromatic nitrogens is 1. The summed E-state index contributed by atoms with van der Waals surface area (Å²) < 4.78 is 4.76. The van der Waals surface area contributed by atoms with Crippen molar-refractivity contribution in [3.05, 3.63) is 11.1 Å². The maximum Gasteiger partial charge on any atom is 0.328 e. The third-order valence-electron chi connectivity index (χ3n) is 2.84. The van der Waals surface area contributed by atoms with E-state index in [2.05, 4.69) is 24.2 Å². The molecule has 4 nitrogen and oxygen atoms in total. The average molecular weight is 240 g/mol. The highest BCUT2D eigenvalue weighted by Gasteiger charge is 2.36. The Labute approximate surface area is 99.2 Å². The van der Waals surface area contributed by atoms with Gasteiger partial charge in [0.1, 0.15) is 6.04 Å². The molecule has 0 N–H and O–H groups in total. The summed E-state index contributed by atoms with van der Waals surface area (Å²) in [6.07, 6.45) is 0.864. The number of thiazole rings is 1. The number of carbonyl (C=O) groups is 1. The van der Waals surface area contributed by atoms with Crippen molar-refractivity contribution in [2.45, 2.75) is 32.2 Å². The first-order valence-corrected chi connectivity index (χ1v) is 6.31. The third-order valence-corrected chi connectivity index (χ3v) is 3.74. The second-order valence-corrected chi connectivity index (χ2v) is 5.07. The van der Waals surface area contributed by atoms with Crippen LogP contribution in [-0.4, -0.2) is 30.6 Å². The Hall–Kier alpha value is -1.10. The van der Waals surface area contributed by atoms with Crippen LogP contribution in [0.15, 0.2) is 5.38 Å². The van der Waals surface area contributed by atoms with E-state index >= 15 is 0 Å². The van der Waals surface area contributed by atoms with Crippen LogP contribution in [0.4, 0.5) is 5.13 Å². The maximum absolute atomic E-state index is 11.4. The highest BCUT2D eigenvalue weighted by molar-refractivity contribution is 7.13. The first kappa shape index (κ1) is 11.4. The largest absolute Gasteiger partial charge is 0.467 e. The number of hydrogen-bond donors (Lipinski definition) is 0. The molecule has 16 heavy (non-hydrogen) atoms. The number of ether oxygens (including phenoxy) is 1. The van der Waals surface area contributed by atoms with E-state index in [-0.39, 0.29) is 12.0 Å². The minimum absolute atomic E-state index is 0.129. The van der Waals surface area contributed by atoms with E-state index in [1.807, 2.05) is 4.90 Å². The highest BCUT2D eigenvalue weighted by atomic mass is 32.1. The van der Waals surface area contributed by atoms with E-state index in [9.17, 15) is 4.79 Å². The molecule has 1 aliphatic rings. The lowest BCUT2D eigenvalue weighted by atomic mass is 10.1. The molecule has 2 rings (SSSR count). The van der Waals surface area contributed by atoms with Crippen LogP contribution in [0.1, 0.15) is 31.9 Å². The first-order chi connectivity index (χ1) is 7.63. The van der Waals surface area contributed by atoms with Gasteiger partial charge in [-0.05, 0) is 12.3 Å². The van der Waals surface area contributed by atoms with Gasteiger partial charge in [-0.1, -0.05) is 13.8 Å². The topological polar surface area (TPSA) is 42.4 Å². The van der Waals surface area contributed by atoms with E-state index in [0.29, 0.717) is 5.92 Å². The molecule has 0 saturated carbocycles. The third kappa shape index (κ3) is 1.91. The molecule has 0 spiro atoms. The molecule has 1 atom stereocenters. The fraction of sp³-hybridized carbons (Fsp3) is 0.636. The number of methoxy groups -OCH3 is 1. The summed E-state index contributed by atoms with van der Waals surface area (Å²) >= 11 is 1.60. The van der Waals surface area contributed by atoms with Crippen molar-refractivity contribution in [2.75, 3.05) is 18.6 Å². The number of anilines is 1. The van der Waals surface area contributed by atoms with Crippen LogP contribution in [-0.2, 0) is 9.53 Å². The summed E-state index contributed by atoms with van der Waals surface area (Å²) in [5, 5.41) is 3.00. The smallest absolute Gasteiger partial charge is 0.328 e. The predicted octanol–water partition coefficient (Wildman–Crippen LogP) is 2.02. The van der Waals surface area contributed by atoms with E-state index in [0.717, 1.165) is 23.8 Å². The Morgan fingerprint density at radius 2 is 2.44 bits per heavy atom. The fourth-order valence-electron chi connectivity index (χ4n) is 1.67. The van der Waals surface area contributed by atoms with Crippen LogP contribution in [0.25, 0.3) is 0 Å². The lowest BCUT2D eigenvalue weighted by molar-refractivity contribution is -0.143. The molecule has 5 heteroatoms. The molecule has 1 aromatic heterocycles. The number of hydrogen-bond acceptors (Lipinski definition) is 5. The van der Waals surface area contributed by atoms with Crippen molar-refractivity contribution in [1.29, 1.82) is 0 Å². The van der Waals surface area contributed by atoms with Crippen LogP contribution in [0.5, 0.6) is 0 Å². The average Bonchev–Trinajstić information content (AvgIpc) is 2.65. The van der Waals surface area contributed by atoms with Crippen molar-refractivity contribution in [3.63, 3.8) is 0 Å². The van der Waals surface area contributed by atoms with E-state index in [1.54, 1.807) is 11.3 Å². The molecule has 0 aliphatic carbocycles. The quantitative estimate of drug-likeness (QED) is 0.758.